The number of imidazole rings is 1. The molecule has 0 saturated heterocycles. The highest BCUT2D eigenvalue weighted by atomic mass is 79.9. The highest BCUT2D eigenvalue weighted by molar-refractivity contribution is 9.10. The van der Waals surface area contributed by atoms with E-state index in [1.807, 2.05) is 0 Å². The number of hydrogen-bond donors (Lipinski definition) is 0. The highest BCUT2D eigenvalue weighted by Gasteiger charge is 2.30. The van der Waals surface area contributed by atoms with Crippen molar-refractivity contribution in [3.05, 3.63) is 52.9 Å². The van der Waals surface area contributed by atoms with Crippen molar-refractivity contribution in [3.8, 4) is 11.3 Å². The van der Waals surface area contributed by atoms with Crippen LogP contribution in [0.3, 0.4) is 0 Å². The molecule has 3 aromatic rings. The summed E-state index contributed by atoms with van der Waals surface area (Å²) in [5.41, 5.74) is 0.157. The second kappa shape index (κ2) is 4.59. The maximum atomic E-state index is 12.7. The summed E-state index contributed by atoms with van der Waals surface area (Å²) < 4.78 is 40.5. The van der Waals surface area contributed by atoms with Gasteiger partial charge in [-0.05, 0) is 28.1 Å². The summed E-state index contributed by atoms with van der Waals surface area (Å²) in [6, 6.07) is 5.07. The molecule has 0 bridgehead atoms. The maximum Gasteiger partial charge on any atom is 0.416 e. The molecular weight excluding hydrogens is 335 g/mol. The monoisotopic (exact) mass is 341 g/mol. The SMILES string of the molecule is FC(F)(F)c1cccc(-c2cn3cc(Br)cnc3n2)c1. The van der Waals surface area contributed by atoms with E-state index < -0.39 is 11.7 Å². The van der Waals surface area contributed by atoms with Crippen molar-refractivity contribution in [1.29, 1.82) is 0 Å². The molecule has 0 N–H and O–H groups in total. The second-order valence-electron chi connectivity index (χ2n) is 4.18. The largest absolute Gasteiger partial charge is 0.416 e. The Morgan fingerprint density at radius 3 is 2.70 bits per heavy atom. The van der Waals surface area contributed by atoms with Crippen molar-refractivity contribution in [2.75, 3.05) is 0 Å². The van der Waals surface area contributed by atoms with E-state index in [-0.39, 0.29) is 0 Å². The number of hydrogen-bond acceptors (Lipinski definition) is 2. The molecule has 3 rings (SSSR count). The van der Waals surface area contributed by atoms with E-state index in [0.29, 0.717) is 17.0 Å². The van der Waals surface area contributed by atoms with Crippen LogP contribution in [0.2, 0.25) is 0 Å². The zero-order valence-corrected chi connectivity index (χ0v) is 11.5. The van der Waals surface area contributed by atoms with Gasteiger partial charge >= 0.3 is 6.18 Å². The van der Waals surface area contributed by atoms with Crippen molar-refractivity contribution < 1.29 is 13.2 Å². The van der Waals surface area contributed by atoms with Gasteiger partial charge in [0.2, 0.25) is 5.78 Å². The Hall–Kier alpha value is -1.89. The summed E-state index contributed by atoms with van der Waals surface area (Å²) in [5.74, 6) is 0.431. The van der Waals surface area contributed by atoms with Gasteiger partial charge in [-0.25, -0.2) is 9.97 Å². The lowest BCUT2D eigenvalue weighted by molar-refractivity contribution is -0.137. The molecule has 0 aliphatic rings. The molecule has 1 aromatic carbocycles. The lowest BCUT2D eigenvalue weighted by Gasteiger charge is -2.07. The van der Waals surface area contributed by atoms with E-state index in [1.54, 1.807) is 29.1 Å². The van der Waals surface area contributed by atoms with Crippen LogP contribution in [0, 0.1) is 0 Å². The first-order valence-corrected chi connectivity index (χ1v) is 6.41. The number of halogens is 4. The first-order valence-electron chi connectivity index (χ1n) is 5.61. The third kappa shape index (κ3) is 2.40. The minimum Gasteiger partial charge on any atom is -0.289 e. The molecule has 0 aliphatic heterocycles. The summed E-state index contributed by atoms with van der Waals surface area (Å²) in [5, 5.41) is 0. The summed E-state index contributed by atoms with van der Waals surface area (Å²) in [7, 11) is 0. The van der Waals surface area contributed by atoms with E-state index in [9.17, 15) is 13.2 Å². The van der Waals surface area contributed by atoms with Crippen LogP contribution < -0.4 is 0 Å². The number of benzene rings is 1. The number of aromatic nitrogens is 3. The quantitative estimate of drug-likeness (QED) is 0.664. The molecule has 2 heterocycles. The van der Waals surface area contributed by atoms with Crippen molar-refractivity contribution in [2.24, 2.45) is 0 Å². The lowest BCUT2D eigenvalue weighted by Crippen LogP contribution is -2.04. The average Bonchev–Trinajstić information content (AvgIpc) is 2.81. The lowest BCUT2D eigenvalue weighted by atomic mass is 10.1. The molecule has 0 atom stereocenters. The Labute approximate surface area is 120 Å². The molecule has 0 unspecified atom stereocenters. The highest BCUT2D eigenvalue weighted by Crippen LogP contribution is 2.31. The fourth-order valence-electron chi connectivity index (χ4n) is 1.85. The van der Waals surface area contributed by atoms with Gasteiger partial charge in [0.25, 0.3) is 0 Å². The summed E-state index contributed by atoms with van der Waals surface area (Å²) >= 11 is 3.28. The number of alkyl halides is 3. The van der Waals surface area contributed by atoms with Gasteiger partial charge in [0, 0.05) is 24.2 Å². The van der Waals surface area contributed by atoms with E-state index in [1.165, 1.54) is 6.07 Å². The van der Waals surface area contributed by atoms with E-state index in [0.717, 1.165) is 16.6 Å². The molecule has 0 aliphatic carbocycles. The van der Waals surface area contributed by atoms with Gasteiger partial charge in [0.05, 0.1) is 15.7 Å². The Bertz CT molecular complexity index is 780. The van der Waals surface area contributed by atoms with Gasteiger partial charge in [0.15, 0.2) is 0 Å². The van der Waals surface area contributed by atoms with Crippen molar-refractivity contribution in [1.82, 2.24) is 14.4 Å². The predicted molar refractivity (Wildman–Crippen MR) is 71.1 cm³/mol. The Morgan fingerprint density at radius 2 is 1.95 bits per heavy atom. The van der Waals surface area contributed by atoms with Gasteiger partial charge in [-0.2, -0.15) is 13.2 Å². The summed E-state index contributed by atoms with van der Waals surface area (Å²) in [6.07, 6.45) is 0.601. The molecule has 0 amide bonds. The van der Waals surface area contributed by atoms with Gasteiger partial charge in [-0.1, -0.05) is 12.1 Å². The molecule has 20 heavy (non-hydrogen) atoms. The Balaban J connectivity index is 2.11. The standard InChI is InChI=1S/C13H7BrF3N3/c14-10-5-18-12-19-11(7-20(12)6-10)8-2-1-3-9(4-8)13(15,16)17/h1-7H. The van der Waals surface area contributed by atoms with Crippen LogP contribution in [0.1, 0.15) is 5.56 Å². The van der Waals surface area contributed by atoms with Crippen LogP contribution in [-0.2, 0) is 6.18 Å². The molecule has 3 nitrogen and oxygen atoms in total. The minimum atomic E-state index is -4.36. The number of nitrogens with zero attached hydrogens (tertiary/aromatic N) is 3. The van der Waals surface area contributed by atoms with E-state index in [2.05, 4.69) is 25.9 Å². The zero-order chi connectivity index (χ0) is 14.3. The van der Waals surface area contributed by atoms with E-state index >= 15 is 0 Å². The van der Waals surface area contributed by atoms with Crippen molar-refractivity contribution >= 4 is 21.7 Å². The minimum absolute atomic E-state index is 0.404. The van der Waals surface area contributed by atoms with Crippen LogP contribution in [-0.4, -0.2) is 14.4 Å². The molecule has 0 spiro atoms. The average molecular weight is 342 g/mol. The van der Waals surface area contributed by atoms with Gasteiger partial charge < -0.3 is 0 Å². The summed E-state index contributed by atoms with van der Waals surface area (Å²) in [4.78, 5) is 8.29. The van der Waals surface area contributed by atoms with Crippen LogP contribution in [0.15, 0.2) is 47.3 Å². The first-order chi connectivity index (χ1) is 9.43. The van der Waals surface area contributed by atoms with Gasteiger partial charge in [0.1, 0.15) is 0 Å². The van der Waals surface area contributed by atoms with Crippen molar-refractivity contribution in [3.63, 3.8) is 0 Å². The molecule has 0 fully saturated rings. The second-order valence-corrected chi connectivity index (χ2v) is 5.10. The summed E-state index contributed by atoms with van der Waals surface area (Å²) in [6.45, 7) is 0. The molecule has 2 aromatic heterocycles. The third-order valence-electron chi connectivity index (χ3n) is 2.76. The normalized spacial score (nSPS) is 12.0. The van der Waals surface area contributed by atoms with Crippen LogP contribution in [0.5, 0.6) is 0 Å². The van der Waals surface area contributed by atoms with Gasteiger partial charge in [-0.3, -0.25) is 4.40 Å². The fourth-order valence-corrected chi connectivity index (χ4v) is 2.18. The van der Waals surface area contributed by atoms with Crippen molar-refractivity contribution in [2.45, 2.75) is 6.18 Å². The fraction of sp³-hybridized carbons (Fsp3) is 0.0769. The van der Waals surface area contributed by atoms with Crippen LogP contribution in [0.4, 0.5) is 13.2 Å². The predicted octanol–water partition coefficient (Wildman–Crippen LogP) is 4.18. The molecule has 0 saturated carbocycles. The molecule has 7 heteroatoms. The molecule has 102 valence electrons. The Morgan fingerprint density at radius 1 is 1.15 bits per heavy atom. The van der Waals surface area contributed by atoms with Gasteiger partial charge in [-0.15, -0.1) is 0 Å². The first kappa shape index (κ1) is 13.1. The third-order valence-corrected chi connectivity index (χ3v) is 3.17. The zero-order valence-electron chi connectivity index (χ0n) is 9.89. The smallest absolute Gasteiger partial charge is 0.289 e. The topological polar surface area (TPSA) is 30.2 Å². The number of fused-ring (bicyclic) bond motifs is 1. The van der Waals surface area contributed by atoms with Crippen LogP contribution in [0.25, 0.3) is 17.0 Å². The Kier molecular flexibility index (Phi) is 3.01. The van der Waals surface area contributed by atoms with Crippen LogP contribution >= 0.6 is 15.9 Å². The number of rotatable bonds is 1. The molecule has 0 radical (unpaired) electrons. The molecular formula is C13H7BrF3N3. The van der Waals surface area contributed by atoms with E-state index in [4.69, 9.17) is 0 Å². The maximum absolute atomic E-state index is 12.7.